The summed E-state index contributed by atoms with van der Waals surface area (Å²) in [7, 11) is 0. The van der Waals surface area contributed by atoms with E-state index in [2.05, 4.69) is 0 Å². The third kappa shape index (κ3) is 7.61. The van der Waals surface area contributed by atoms with Gasteiger partial charge in [0, 0.05) is 0 Å². The minimum absolute atomic E-state index is 0.137. The van der Waals surface area contributed by atoms with Crippen LogP contribution in [-0.2, 0) is 22.3 Å². The van der Waals surface area contributed by atoms with Crippen molar-refractivity contribution in [3.8, 4) is 11.5 Å². The lowest BCUT2D eigenvalue weighted by Crippen LogP contribution is -2.31. The van der Waals surface area contributed by atoms with Crippen molar-refractivity contribution in [2.45, 2.75) is 65.0 Å². The Labute approximate surface area is 175 Å². The second kappa shape index (κ2) is 10.9. The Morgan fingerprint density at radius 3 is 2.10 bits per heavy atom. The van der Waals surface area contributed by atoms with E-state index in [-0.39, 0.29) is 18.7 Å². The second-order valence-corrected chi connectivity index (χ2v) is 7.19. The Kier molecular flexibility index (Phi) is 8.57. The van der Waals surface area contributed by atoms with E-state index in [1.165, 1.54) is 12.1 Å². The topological polar surface area (TPSA) is 44.8 Å². The summed E-state index contributed by atoms with van der Waals surface area (Å²) in [6.45, 7) is 5.75. The maximum Gasteiger partial charge on any atom is 0.416 e. The van der Waals surface area contributed by atoms with Gasteiger partial charge in [-0.15, -0.1) is 0 Å². The molecule has 30 heavy (non-hydrogen) atoms. The zero-order valence-corrected chi connectivity index (χ0v) is 17.4. The first-order chi connectivity index (χ1) is 14.2. The number of hydrogen-bond donors (Lipinski definition) is 0. The third-order valence-corrected chi connectivity index (χ3v) is 4.22. The number of rotatable bonds is 10. The van der Waals surface area contributed by atoms with E-state index in [1.54, 1.807) is 38.1 Å². The molecule has 0 saturated carbocycles. The molecule has 4 nitrogen and oxygen atoms in total. The van der Waals surface area contributed by atoms with E-state index in [0.29, 0.717) is 23.5 Å². The number of carbonyl (C=O) groups is 1. The van der Waals surface area contributed by atoms with Crippen LogP contribution in [0.4, 0.5) is 13.2 Å². The quantitative estimate of drug-likeness (QED) is 0.428. The van der Waals surface area contributed by atoms with E-state index in [0.717, 1.165) is 25.0 Å². The van der Waals surface area contributed by atoms with Crippen molar-refractivity contribution in [1.29, 1.82) is 0 Å². The highest BCUT2D eigenvalue weighted by Gasteiger charge is 2.29. The molecule has 0 amide bonds. The molecule has 2 rings (SSSR count). The molecular weight excluding hydrogens is 397 g/mol. The molecule has 7 heteroatoms. The summed E-state index contributed by atoms with van der Waals surface area (Å²) in [5.74, 6) is 0.664. The van der Waals surface area contributed by atoms with Gasteiger partial charge in [-0.25, -0.2) is 4.79 Å². The highest BCUT2D eigenvalue weighted by atomic mass is 19.4. The zero-order valence-electron chi connectivity index (χ0n) is 17.4. The van der Waals surface area contributed by atoms with Crippen LogP contribution in [0.1, 0.15) is 51.2 Å². The molecule has 0 fully saturated rings. The van der Waals surface area contributed by atoms with Crippen molar-refractivity contribution < 1.29 is 32.2 Å². The summed E-state index contributed by atoms with van der Waals surface area (Å²) >= 11 is 0. The normalized spacial score (nSPS) is 12.5. The van der Waals surface area contributed by atoms with Crippen LogP contribution in [-0.4, -0.2) is 18.2 Å². The van der Waals surface area contributed by atoms with E-state index in [4.69, 9.17) is 14.2 Å². The number of carbonyl (C=O) groups excluding carboxylic acids is 1. The first kappa shape index (κ1) is 23.6. The molecular formula is C23H27F3O4. The van der Waals surface area contributed by atoms with Crippen LogP contribution >= 0.6 is 0 Å². The van der Waals surface area contributed by atoms with Gasteiger partial charge in [0.1, 0.15) is 18.1 Å². The van der Waals surface area contributed by atoms with Crippen molar-refractivity contribution in [2.75, 3.05) is 0 Å². The van der Waals surface area contributed by atoms with E-state index in [1.807, 2.05) is 6.92 Å². The highest BCUT2D eigenvalue weighted by Crippen LogP contribution is 2.29. The number of esters is 1. The fraction of sp³-hybridized carbons (Fsp3) is 0.435. The van der Waals surface area contributed by atoms with Crippen molar-refractivity contribution in [3.05, 3.63) is 59.7 Å². The monoisotopic (exact) mass is 424 g/mol. The Bertz CT molecular complexity index is 784. The Hall–Kier alpha value is -2.70. The fourth-order valence-corrected chi connectivity index (χ4v) is 2.66. The molecule has 2 aromatic rings. The van der Waals surface area contributed by atoms with Crippen LogP contribution in [0, 0.1) is 0 Å². The number of halogens is 3. The minimum atomic E-state index is -4.36. The lowest BCUT2D eigenvalue weighted by atomic mass is 10.1. The molecule has 0 heterocycles. The smallest absolute Gasteiger partial charge is 0.416 e. The van der Waals surface area contributed by atoms with Crippen molar-refractivity contribution in [1.82, 2.24) is 0 Å². The average molecular weight is 424 g/mol. The number of alkyl halides is 3. The molecule has 1 atom stereocenters. The zero-order chi connectivity index (χ0) is 22.1. The molecule has 164 valence electrons. The Balaban J connectivity index is 1.93. The van der Waals surface area contributed by atoms with Crippen LogP contribution in [0.5, 0.6) is 11.5 Å². The molecule has 0 aliphatic carbocycles. The van der Waals surface area contributed by atoms with Crippen LogP contribution in [0.25, 0.3) is 0 Å². The predicted octanol–water partition coefficient (Wildman–Crippen LogP) is 6.17. The second-order valence-electron chi connectivity index (χ2n) is 7.19. The first-order valence-corrected chi connectivity index (χ1v) is 9.95. The first-order valence-electron chi connectivity index (χ1n) is 9.95. The number of unbranched alkanes of at least 4 members (excludes halogenated alkanes) is 1. The van der Waals surface area contributed by atoms with Gasteiger partial charge in [0.25, 0.3) is 0 Å². The Morgan fingerprint density at radius 2 is 1.57 bits per heavy atom. The minimum Gasteiger partial charge on any atom is -0.489 e. The third-order valence-electron chi connectivity index (χ3n) is 4.22. The highest BCUT2D eigenvalue weighted by molar-refractivity contribution is 5.75. The van der Waals surface area contributed by atoms with Crippen LogP contribution in [0.2, 0.25) is 0 Å². The lowest BCUT2D eigenvalue weighted by molar-refractivity contribution is -0.156. The molecule has 0 aromatic heterocycles. The molecule has 0 radical (unpaired) electrons. The largest absolute Gasteiger partial charge is 0.489 e. The van der Waals surface area contributed by atoms with E-state index < -0.39 is 17.8 Å². The molecule has 0 aliphatic heterocycles. The van der Waals surface area contributed by atoms with E-state index >= 15 is 0 Å². The average Bonchev–Trinajstić information content (AvgIpc) is 2.69. The van der Waals surface area contributed by atoms with Crippen molar-refractivity contribution in [3.63, 3.8) is 0 Å². The number of hydrogen-bond acceptors (Lipinski definition) is 4. The van der Waals surface area contributed by atoms with E-state index in [9.17, 15) is 18.0 Å². The summed E-state index contributed by atoms with van der Waals surface area (Å²) in [4.78, 5) is 12.2. The Morgan fingerprint density at radius 1 is 0.967 bits per heavy atom. The summed E-state index contributed by atoms with van der Waals surface area (Å²) < 4.78 is 54.5. The van der Waals surface area contributed by atoms with Gasteiger partial charge >= 0.3 is 12.1 Å². The van der Waals surface area contributed by atoms with Crippen molar-refractivity contribution in [2.24, 2.45) is 0 Å². The molecule has 0 N–H and O–H groups in total. The van der Waals surface area contributed by atoms with Gasteiger partial charge in [0.2, 0.25) is 0 Å². The number of benzene rings is 2. The summed E-state index contributed by atoms with van der Waals surface area (Å²) in [5, 5.41) is 0. The van der Waals surface area contributed by atoms with Gasteiger partial charge < -0.3 is 14.2 Å². The van der Waals surface area contributed by atoms with Crippen LogP contribution < -0.4 is 9.47 Å². The molecule has 1 unspecified atom stereocenters. The van der Waals surface area contributed by atoms with Crippen LogP contribution in [0.3, 0.4) is 0 Å². The maximum absolute atomic E-state index is 12.6. The lowest BCUT2D eigenvalue weighted by Gasteiger charge is -2.19. The van der Waals surface area contributed by atoms with Gasteiger partial charge in [-0.1, -0.05) is 25.5 Å². The summed E-state index contributed by atoms with van der Waals surface area (Å²) in [5.41, 5.74) is -0.0687. The summed E-state index contributed by atoms with van der Waals surface area (Å²) in [6.07, 6.45) is -2.91. The van der Waals surface area contributed by atoms with Gasteiger partial charge in [0.15, 0.2) is 6.10 Å². The molecule has 0 spiro atoms. The predicted molar refractivity (Wildman–Crippen MR) is 107 cm³/mol. The van der Waals surface area contributed by atoms with Crippen molar-refractivity contribution >= 4 is 5.97 Å². The molecule has 0 saturated heterocycles. The fourth-order valence-electron chi connectivity index (χ4n) is 2.66. The molecule has 2 aromatic carbocycles. The number of ether oxygens (including phenoxy) is 3. The molecule has 0 aliphatic rings. The van der Waals surface area contributed by atoms with Gasteiger partial charge in [0.05, 0.1) is 11.7 Å². The van der Waals surface area contributed by atoms with Gasteiger partial charge in [-0.2, -0.15) is 13.2 Å². The van der Waals surface area contributed by atoms with Gasteiger partial charge in [-0.3, -0.25) is 0 Å². The summed E-state index contributed by atoms with van der Waals surface area (Å²) in [6, 6.07) is 11.6. The molecule has 0 bridgehead atoms. The SMILES string of the molecule is CCCCC(Oc1ccc(OCc2ccc(C(F)(F)F)cc2)cc1)C(=O)OC(C)C. The standard InChI is InChI=1S/C23H27F3O4/c1-4-5-6-21(22(27)29-16(2)3)30-20-13-11-19(12-14-20)28-15-17-7-9-18(10-8-17)23(24,25)26/h7-14,16,21H,4-6,15H2,1-3H3. The van der Waals surface area contributed by atoms with Gasteiger partial charge in [-0.05, 0) is 68.7 Å². The maximum atomic E-state index is 12.6. The van der Waals surface area contributed by atoms with Crippen LogP contribution in [0.15, 0.2) is 48.5 Å².